The number of nitrogens with one attached hydrogen (secondary N) is 1. The quantitative estimate of drug-likeness (QED) is 0.914. The normalized spacial score (nSPS) is 18.2. The second-order valence-electron chi connectivity index (χ2n) is 6.05. The van der Waals surface area contributed by atoms with Crippen LogP contribution in [0, 0.1) is 0 Å². The van der Waals surface area contributed by atoms with Crippen molar-refractivity contribution in [3.05, 3.63) is 35.7 Å². The van der Waals surface area contributed by atoms with Gasteiger partial charge in [0.15, 0.2) is 0 Å². The van der Waals surface area contributed by atoms with E-state index in [1.54, 1.807) is 0 Å². The first-order chi connectivity index (χ1) is 9.54. The highest BCUT2D eigenvalue weighted by Gasteiger charge is 2.24. The van der Waals surface area contributed by atoms with Gasteiger partial charge in [-0.05, 0) is 6.07 Å². The molecule has 20 heavy (non-hydrogen) atoms. The van der Waals surface area contributed by atoms with E-state index >= 15 is 0 Å². The summed E-state index contributed by atoms with van der Waals surface area (Å²) < 4.78 is 10.1. The van der Waals surface area contributed by atoms with E-state index in [0.29, 0.717) is 0 Å². The van der Waals surface area contributed by atoms with Crippen LogP contribution in [-0.2, 0) is 5.41 Å². The molecular weight excluding hydrogens is 270 g/mol. The molecule has 1 unspecified atom stereocenters. The molecule has 0 saturated heterocycles. The molecule has 3 rings (SSSR count). The van der Waals surface area contributed by atoms with E-state index in [1.807, 2.05) is 18.2 Å². The van der Waals surface area contributed by atoms with Gasteiger partial charge in [0.05, 0.1) is 12.6 Å². The van der Waals surface area contributed by atoms with Gasteiger partial charge >= 0.3 is 0 Å². The van der Waals surface area contributed by atoms with Crippen LogP contribution in [0.15, 0.2) is 24.3 Å². The van der Waals surface area contributed by atoms with Crippen LogP contribution in [0.1, 0.15) is 44.6 Å². The summed E-state index contributed by atoms with van der Waals surface area (Å²) in [6.07, 6.45) is 0.946. The van der Waals surface area contributed by atoms with Gasteiger partial charge in [0.1, 0.15) is 11.6 Å². The molecule has 0 fully saturated rings. The number of anilines is 1. The number of fused-ring (bicyclic) bond motifs is 1. The molecule has 1 aliphatic rings. The molecule has 0 aliphatic carbocycles. The third kappa shape index (κ3) is 2.63. The summed E-state index contributed by atoms with van der Waals surface area (Å²) in [7, 11) is 0. The lowest BCUT2D eigenvalue weighted by Gasteiger charge is -2.26. The fourth-order valence-corrected chi connectivity index (χ4v) is 3.04. The fraction of sp³-hybridized carbons (Fsp3) is 0.467. The number of hydrogen-bond donors (Lipinski definition) is 1. The zero-order chi connectivity index (χ0) is 14.2. The zero-order valence-corrected chi connectivity index (χ0v) is 12.8. The zero-order valence-electron chi connectivity index (χ0n) is 12.0. The number of para-hydroxylation sites is 1. The van der Waals surface area contributed by atoms with Gasteiger partial charge in [-0.15, -0.1) is 0 Å². The van der Waals surface area contributed by atoms with E-state index in [9.17, 15) is 0 Å². The van der Waals surface area contributed by atoms with Crippen molar-refractivity contribution in [1.82, 2.24) is 9.36 Å². The molecular formula is C15H19N3OS. The molecule has 2 heterocycles. The van der Waals surface area contributed by atoms with Crippen LogP contribution >= 0.6 is 11.5 Å². The molecule has 2 aromatic rings. The van der Waals surface area contributed by atoms with Crippen molar-refractivity contribution >= 4 is 16.7 Å². The van der Waals surface area contributed by atoms with Gasteiger partial charge in [-0.25, -0.2) is 4.98 Å². The molecule has 0 radical (unpaired) electrons. The first-order valence-electron chi connectivity index (χ1n) is 6.86. The highest BCUT2D eigenvalue weighted by molar-refractivity contribution is 7.09. The fourth-order valence-electron chi connectivity index (χ4n) is 2.23. The summed E-state index contributed by atoms with van der Waals surface area (Å²) in [5, 5.41) is 4.38. The van der Waals surface area contributed by atoms with E-state index < -0.39 is 0 Å². The van der Waals surface area contributed by atoms with Gasteiger partial charge in [0.2, 0.25) is 5.13 Å². The Morgan fingerprint density at radius 1 is 1.30 bits per heavy atom. The molecule has 1 atom stereocenters. The predicted octanol–water partition coefficient (Wildman–Crippen LogP) is 3.77. The summed E-state index contributed by atoms with van der Waals surface area (Å²) in [6.45, 7) is 7.12. The van der Waals surface area contributed by atoms with Crippen LogP contribution in [0.4, 0.5) is 5.13 Å². The minimum atomic E-state index is -0.00991. The molecule has 1 aliphatic heterocycles. The first-order valence-corrected chi connectivity index (χ1v) is 7.64. The molecule has 106 valence electrons. The van der Waals surface area contributed by atoms with Crippen LogP contribution in [0.3, 0.4) is 0 Å². The van der Waals surface area contributed by atoms with Crippen molar-refractivity contribution in [3.8, 4) is 5.75 Å². The van der Waals surface area contributed by atoms with Crippen molar-refractivity contribution in [1.29, 1.82) is 0 Å². The Morgan fingerprint density at radius 3 is 2.85 bits per heavy atom. The summed E-state index contributed by atoms with van der Waals surface area (Å²) >= 11 is 1.43. The Balaban J connectivity index is 1.81. The predicted molar refractivity (Wildman–Crippen MR) is 81.5 cm³/mol. The van der Waals surface area contributed by atoms with Crippen LogP contribution in [-0.4, -0.2) is 16.0 Å². The Hall–Kier alpha value is -1.62. The largest absolute Gasteiger partial charge is 0.493 e. The van der Waals surface area contributed by atoms with Gasteiger partial charge in [0.25, 0.3) is 0 Å². The molecule has 1 aromatic carbocycles. The van der Waals surface area contributed by atoms with Gasteiger partial charge < -0.3 is 10.1 Å². The molecule has 5 heteroatoms. The van der Waals surface area contributed by atoms with Crippen LogP contribution in [0.25, 0.3) is 0 Å². The topological polar surface area (TPSA) is 47.0 Å². The van der Waals surface area contributed by atoms with E-state index in [4.69, 9.17) is 4.74 Å². The van der Waals surface area contributed by atoms with Gasteiger partial charge in [-0.3, -0.25) is 0 Å². The van der Waals surface area contributed by atoms with Crippen LogP contribution in [0.5, 0.6) is 5.75 Å². The molecule has 0 bridgehead atoms. The maximum atomic E-state index is 5.68. The number of benzene rings is 1. The number of hydrogen-bond acceptors (Lipinski definition) is 5. The monoisotopic (exact) mass is 289 g/mol. The third-order valence-electron chi connectivity index (χ3n) is 3.35. The number of nitrogens with zero attached hydrogens (tertiary/aromatic N) is 2. The highest BCUT2D eigenvalue weighted by atomic mass is 32.1. The number of rotatable bonds is 2. The number of aromatic nitrogens is 2. The van der Waals surface area contributed by atoms with Gasteiger partial charge in [-0.1, -0.05) is 39.0 Å². The van der Waals surface area contributed by atoms with E-state index in [2.05, 4.69) is 41.5 Å². The second-order valence-corrected chi connectivity index (χ2v) is 6.80. The molecule has 0 saturated carbocycles. The average molecular weight is 289 g/mol. The lowest BCUT2D eigenvalue weighted by atomic mass is 9.96. The van der Waals surface area contributed by atoms with Crippen molar-refractivity contribution < 1.29 is 4.74 Å². The average Bonchev–Trinajstić information content (AvgIpc) is 2.88. The minimum absolute atomic E-state index is 0.00991. The van der Waals surface area contributed by atoms with Gasteiger partial charge in [-0.2, -0.15) is 4.37 Å². The second kappa shape index (κ2) is 5.05. The minimum Gasteiger partial charge on any atom is -0.493 e. The Kier molecular flexibility index (Phi) is 3.38. The Bertz CT molecular complexity index is 603. The Labute approximate surface area is 123 Å². The van der Waals surface area contributed by atoms with Crippen molar-refractivity contribution in [2.45, 2.75) is 38.6 Å². The van der Waals surface area contributed by atoms with Crippen LogP contribution in [0.2, 0.25) is 0 Å². The summed E-state index contributed by atoms with van der Waals surface area (Å²) in [5.74, 6) is 1.86. The molecule has 1 N–H and O–H groups in total. The van der Waals surface area contributed by atoms with Gasteiger partial charge in [0, 0.05) is 28.9 Å². The lowest BCUT2D eigenvalue weighted by Crippen LogP contribution is -2.20. The molecule has 0 amide bonds. The lowest BCUT2D eigenvalue weighted by molar-refractivity contribution is 0.274. The highest BCUT2D eigenvalue weighted by Crippen LogP contribution is 2.34. The smallest absolute Gasteiger partial charge is 0.203 e. The summed E-state index contributed by atoms with van der Waals surface area (Å²) in [6, 6.07) is 8.43. The van der Waals surface area contributed by atoms with E-state index in [-0.39, 0.29) is 11.5 Å². The standard InChI is InChI=1S/C15H19N3OS/c1-15(2,3)13-17-14(20-18-13)16-11-8-9-19-12-7-5-4-6-10(11)12/h4-7,11H,8-9H2,1-3H3,(H,16,17,18). The first kappa shape index (κ1) is 13.4. The maximum Gasteiger partial charge on any atom is 0.203 e. The summed E-state index contributed by atoms with van der Waals surface area (Å²) in [4.78, 5) is 4.60. The van der Waals surface area contributed by atoms with Crippen LogP contribution < -0.4 is 10.1 Å². The van der Waals surface area contributed by atoms with Crippen molar-refractivity contribution in [2.75, 3.05) is 11.9 Å². The summed E-state index contributed by atoms with van der Waals surface area (Å²) in [5.41, 5.74) is 1.19. The molecule has 1 aromatic heterocycles. The SMILES string of the molecule is CC(C)(C)c1nsc(NC2CCOc3ccccc32)n1. The third-order valence-corrected chi connectivity index (χ3v) is 4.00. The number of ether oxygens (including phenoxy) is 1. The molecule has 4 nitrogen and oxygen atoms in total. The Morgan fingerprint density at radius 2 is 2.10 bits per heavy atom. The van der Waals surface area contributed by atoms with E-state index in [1.165, 1.54) is 17.1 Å². The van der Waals surface area contributed by atoms with Crippen molar-refractivity contribution in [3.63, 3.8) is 0 Å². The van der Waals surface area contributed by atoms with Crippen molar-refractivity contribution in [2.24, 2.45) is 0 Å². The molecule has 0 spiro atoms. The van der Waals surface area contributed by atoms with E-state index in [0.717, 1.165) is 29.7 Å². The maximum absolute atomic E-state index is 5.68.